The highest BCUT2D eigenvalue weighted by Crippen LogP contribution is 2.31. The van der Waals surface area contributed by atoms with Crippen molar-refractivity contribution in [3.05, 3.63) is 112 Å². The number of carbonyl (C=O) groups is 1. The van der Waals surface area contributed by atoms with E-state index in [1.165, 1.54) is 44.9 Å². The Kier molecular flexibility index (Phi) is 11.9. The van der Waals surface area contributed by atoms with Crippen molar-refractivity contribution < 1.29 is 4.79 Å². The molecule has 0 fully saturated rings. The summed E-state index contributed by atoms with van der Waals surface area (Å²) in [6.45, 7) is 2.24. The summed E-state index contributed by atoms with van der Waals surface area (Å²) >= 11 is 0. The first-order valence-electron chi connectivity index (χ1n) is 15.3. The number of benzene rings is 2. The van der Waals surface area contributed by atoms with Gasteiger partial charge >= 0.3 is 0 Å². The number of unbranched alkanes of at least 4 members (excludes halogenated alkanes) is 8. The molecule has 0 unspecified atom stereocenters. The highest BCUT2D eigenvalue weighted by Gasteiger charge is 2.23. The normalized spacial score (nSPS) is 11.7. The van der Waals surface area contributed by atoms with Gasteiger partial charge < -0.3 is 9.97 Å². The van der Waals surface area contributed by atoms with Gasteiger partial charge in [0, 0.05) is 17.5 Å². The van der Waals surface area contributed by atoms with Crippen molar-refractivity contribution in [2.75, 3.05) is 0 Å². The third-order valence-corrected chi connectivity index (χ3v) is 7.40. The molecule has 4 rings (SSSR count). The summed E-state index contributed by atoms with van der Waals surface area (Å²) in [7, 11) is 0. The van der Waals surface area contributed by atoms with E-state index in [1.807, 2.05) is 48.5 Å². The average Bonchev–Trinajstić information content (AvgIpc) is 3.40. The van der Waals surface area contributed by atoms with Gasteiger partial charge in [0.2, 0.25) is 5.78 Å². The quantitative estimate of drug-likeness (QED) is 0.0783. The molecule has 41 heavy (non-hydrogen) atoms. The van der Waals surface area contributed by atoms with Crippen LogP contribution in [0.25, 0.3) is 22.2 Å². The number of allylic oxidation sites excluding steroid dienone is 4. The molecule has 0 spiro atoms. The minimum Gasteiger partial charge on any atom is -0.336 e. The number of hydrogen-bond donors (Lipinski definition) is 2. The van der Waals surface area contributed by atoms with E-state index in [4.69, 9.17) is 4.98 Å². The molecule has 214 valence electrons. The Balaban J connectivity index is 1.31. The van der Waals surface area contributed by atoms with E-state index in [1.54, 1.807) is 12.1 Å². The number of ketones is 1. The fraction of sp³-hybridized carbons (Fsp3) is 0.361. The van der Waals surface area contributed by atoms with Gasteiger partial charge in [0.05, 0.1) is 11.1 Å². The van der Waals surface area contributed by atoms with Gasteiger partial charge in [-0.25, -0.2) is 4.98 Å². The lowest BCUT2D eigenvalue weighted by Gasteiger charge is -2.05. The van der Waals surface area contributed by atoms with Crippen LogP contribution in [-0.4, -0.2) is 20.7 Å². The molecule has 0 bridgehead atoms. The first kappa shape index (κ1) is 30.0. The summed E-state index contributed by atoms with van der Waals surface area (Å²) in [6.07, 6.45) is 22.8. The molecule has 0 saturated heterocycles. The van der Waals surface area contributed by atoms with Gasteiger partial charge in [-0.2, -0.15) is 0 Å². The number of nitrogens with zero attached hydrogens (tertiary/aromatic N) is 1. The number of aryl methyl sites for hydroxylation is 1. The van der Waals surface area contributed by atoms with Gasteiger partial charge in [-0.15, -0.1) is 0 Å². The van der Waals surface area contributed by atoms with Crippen LogP contribution in [0.3, 0.4) is 0 Å². The van der Waals surface area contributed by atoms with Crippen molar-refractivity contribution in [2.45, 2.75) is 84.0 Å². The van der Waals surface area contributed by atoms with Gasteiger partial charge in [0.15, 0.2) is 0 Å². The lowest BCUT2D eigenvalue weighted by molar-refractivity contribution is 0.103. The number of fused-ring (bicyclic) bond motifs is 1. The molecular weight excluding hydrogens is 506 g/mol. The molecule has 0 saturated carbocycles. The SMILES string of the molecule is CCCCC/C=C\C/C=C\CCCCCCCc1nc2[nH]c(C(=O)c3ccccc3)c(-c3ccccc3)c2c(=O)[nH]1. The summed E-state index contributed by atoms with van der Waals surface area (Å²) < 4.78 is 0. The average molecular weight is 550 g/mol. The van der Waals surface area contributed by atoms with Crippen LogP contribution >= 0.6 is 0 Å². The van der Waals surface area contributed by atoms with Crippen LogP contribution in [0.2, 0.25) is 0 Å². The van der Waals surface area contributed by atoms with Crippen LogP contribution in [-0.2, 0) is 6.42 Å². The molecule has 0 aliphatic carbocycles. The second-order valence-corrected chi connectivity index (χ2v) is 10.7. The van der Waals surface area contributed by atoms with Gasteiger partial charge in [-0.1, -0.05) is 124 Å². The zero-order chi connectivity index (χ0) is 28.7. The number of aromatic nitrogens is 3. The van der Waals surface area contributed by atoms with E-state index in [0.29, 0.717) is 40.1 Å². The number of hydrogen-bond acceptors (Lipinski definition) is 3. The molecule has 2 heterocycles. The van der Waals surface area contributed by atoms with E-state index in [9.17, 15) is 9.59 Å². The predicted octanol–water partition coefficient (Wildman–Crippen LogP) is 9.12. The molecule has 0 aliphatic heterocycles. The highest BCUT2D eigenvalue weighted by atomic mass is 16.1. The molecule has 5 heteroatoms. The molecule has 0 atom stereocenters. The summed E-state index contributed by atoms with van der Waals surface area (Å²) in [5, 5.41) is 0.430. The summed E-state index contributed by atoms with van der Waals surface area (Å²) in [5.41, 5.74) is 2.63. The summed E-state index contributed by atoms with van der Waals surface area (Å²) in [5.74, 6) is 0.505. The first-order chi connectivity index (χ1) is 20.2. The second kappa shape index (κ2) is 16.3. The first-order valence-corrected chi connectivity index (χ1v) is 15.3. The van der Waals surface area contributed by atoms with Crippen LogP contribution in [0, 0.1) is 0 Å². The van der Waals surface area contributed by atoms with Crippen LogP contribution in [0.5, 0.6) is 0 Å². The zero-order valence-electron chi connectivity index (χ0n) is 24.3. The van der Waals surface area contributed by atoms with E-state index in [0.717, 1.165) is 31.2 Å². The van der Waals surface area contributed by atoms with Gasteiger partial charge in [0.1, 0.15) is 11.5 Å². The molecule has 0 aliphatic rings. The lowest BCUT2D eigenvalue weighted by Crippen LogP contribution is -2.12. The van der Waals surface area contributed by atoms with Crippen molar-refractivity contribution in [3.63, 3.8) is 0 Å². The topological polar surface area (TPSA) is 78.6 Å². The Hall–Kier alpha value is -3.99. The van der Waals surface area contributed by atoms with Crippen molar-refractivity contribution in [1.29, 1.82) is 0 Å². The maximum atomic E-state index is 13.5. The van der Waals surface area contributed by atoms with Crippen molar-refractivity contribution in [2.24, 2.45) is 0 Å². The van der Waals surface area contributed by atoms with E-state index >= 15 is 0 Å². The van der Waals surface area contributed by atoms with Crippen LogP contribution in [0.1, 0.15) is 99.4 Å². The third kappa shape index (κ3) is 8.75. The largest absolute Gasteiger partial charge is 0.336 e. The smallest absolute Gasteiger partial charge is 0.261 e. The number of aromatic amines is 2. The van der Waals surface area contributed by atoms with Crippen molar-refractivity contribution in [3.8, 4) is 11.1 Å². The maximum Gasteiger partial charge on any atom is 0.261 e. The van der Waals surface area contributed by atoms with Gasteiger partial charge in [-0.3, -0.25) is 9.59 Å². The molecule has 0 radical (unpaired) electrons. The molecule has 0 amide bonds. The van der Waals surface area contributed by atoms with E-state index in [-0.39, 0.29) is 11.3 Å². The number of rotatable bonds is 17. The lowest BCUT2D eigenvalue weighted by atomic mass is 9.98. The Bertz CT molecular complexity index is 1480. The minimum atomic E-state index is -0.213. The van der Waals surface area contributed by atoms with Crippen LogP contribution in [0.4, 0.5) is 0 Å². The Labute approximate surface area is 243 Å². The number of nitrogens with one attached hydrogen (secondary N) is 2. The molecule has 2 N–H and O–H groups in total. The minimum absolute atomic E-state index is 0.155. The highest BCUT2D eigenvalue weighted by molar-refractivity contribution is 6.16. The van der Waals surface area contributed by atoms with Crippen molar-refractivity contribution >= 4 is 16.8 Å². The van der Waals surface area contributed by atoms with Crippen LogP contribution < -0.4 is 5.56 Å². The number of H-pyrrole nitrogens is 2. The van der Waals surface area contributed by atoms with E-state index in [2.05, 4.69) is 41.2 Å². The molecule has 5 nitrogen and oxygen atoms in total. The third-order valence-electron chi connectivity index (χ3n) is 7.40. The van der Waals surface area contributed by atoms with Gasteiger partial charge in [-0.05, 0) is 44.1 Å². The molecule has 4 aromatic rings. The van der Waals surface area contributed by atoms with E-state index < -0.39 is 0 Å². The predicted molar refractivity (Wildman–Crippen MR) is 170 cm³/mol. The molecular formula is C36H43N3O2. The maximum absolute atomic E-state index is 13.5. The molecule has 2 aromatic heterocycles. The fourth-order valence-electron chi connectivity index (χ4n) is 5.17. The summed E-state index contributed by atoms with van der Waals surface area (Å²) in [4.78, 5) is 37.7. The van der Waals surface area contributed by atoms with Gasteiger partial charge in [0.25, 0.3) is 5.56 Å². The Morgan fingerprint density at radius 3 is 2.10 bits per heavy atom. The zero-order valence-corrected chi connectivity index (χ0v) is 24.3. The number of carbonyl (C=O) groups excluding carboxylic acids is 1. The summed E-state index contributed by atoms with van der Waals surface area (Å²) in [6, 6.07) is 18.7. The second-order valence-electron chi connectivity index (χ2n) is 10.7. The standard InChI is InChI=1S/C36H43N3O2/c1-2-3-4-5-6-7-8-9-10-11-12-13-14-15-22-27-30-37-35-32(36(41)38-30)31(28-23-18-16-19-24-28)33(39-35)34(40)29-25-20-17-21-26-29/h6-7,9-10,16-21,23-26H,2-5,8,11-15,22,27H2,1H3,(H2,37,38,39,41)/b7-6-,10-9-. The Morgan fingerprint density at radius 1 is 0.756 bits per heavy atom. The monoisotopic (exact) mass is 549 g/mol. The van der Waals surface area contributed by atoms with Crippen molar-refractivity contribution in [1.82, 2.24) is 15.0 Å². The fourth-order valence-corrected chi connectivity index (χ4v) is 5.17. The molecule has 2 aromatic carbocycles. The van der Waals surface area contributed by atoms with Crippen LogP contribution in [0.15, 0.2) is 89.8 Å². The Morgan fingerprint density at radius 2 is 1.39 bits per heavy atom.